The second-order valence-electron chi connectivity index (χ2n) is 5.07. The van der Waals surface area contributed by atoms with E-state index in [2.05, 4.69) is 5.16 Å². The summed E-state index contributed by atoms with van der Waals surface area (Å²) in [4.78, 5) is 0.323. The van der Waals surface area contributed by atoms with Crippen LogP contribution in [0.3, 0.4) is 0 Å². The number of hydrogen-bond donors (Lipinski definition) is 1. The molecule has 0 spiro atoms. The molecule has 1 aromatic carbocycles. The Bertz CT molecular complexity index is 580. The smallest absolute Gasteiger partial charge is 0.187 e. The second kappa shape index (κ2) is 4.09. The van der Waals surface area contributed by atoms with Gasteiger partial charge in [-0.25, -0.2) is 8.42 Å². The summed E-state index contributed by atoms with van der Waals surface area (Å²) in [7, 11) is -3.42. The molecule has 18 heavy (non-hydrogen) atoms. The standard InChI is InChI=1S/C13H15NO3S/c15-14-12-9-6-7-10(8-9)13(12)18(16,17)11-4-2-1-3-5-11/h1-5,9-10,13,15H,6-8H2. The highest BCUT2D eigenvalue weighted by atomic mass is 32.2. The molecule has 1 N–H and O–H groups in total. The first-order valence-corrected chi connectivity index (χ1v) is 7.70. The van der Waals surface area contributed by atoms with Crippen LogP contribution in [0.2, 0.25) is 0 Å². The summed E-state index contributed by atoms with van der Waals surface area (Å²) in [5, 5.41) is 11.8. The van der Waals surface area contributed by atoms with Crippen molar-refractivity contribution in [2.24, 2.45) is 17.0 Å². The molecule has 3 unspecified atom stereocenters. The minimum absolute atomic E-state index is 0.117. The molecule has 0 saturated heterocycles. The van der Waals surface area contributed by atoms with Gasteiger partial charge in [0.25, 0.3) is 0 Å². The summed E-state index contributed by atoms with van der Waals surface area (Å²) in [6, 6.07) is 8.44. The normalized spacial score (nSPS) is 33.1. The lowest BCUT2D eigenvalue weighted by Gasteiger charge is -2.22. The molecule has 0 aromatic heterocycles. The van der Waals surface area contributed by atoms with E-state index in [1.807, 2.05) is 0 Å². The Morgan fingerprint density at radius 2 is 1.89 bits per heavy atom. The maximum Gasteiger partial charge on any atom is 0.187 e. The van der Waals surface area contributed by atoms with Crippen LogP contribution in [0.25, 0.3) is 0 Å². The minimum atomic E-state index is -3.42. The van der Waals surface area contributed by atoms with Gasteiger partial charge in [-0.15, -0.1) is 0 Å². The van der Waals surface area contributed by atoms with Crippen LogP contribution in [0.4, 0.5) is 0 Å². The van der Waals surface area contributed by atoms with Crippen LogP contribution >= 0.6 is 0 Å². The maximum absolute atomic E-state index is 12.6. The van der Waals surface area contributed by atoms with Gasteiger partial charge in [0.2, 0.25) is 0 Å². The second-order valence-corrected chi connectivity index (χ2v) is 7.14. The predicted octanol–water partition coefficient (Wildman–Crippen LogP) is 2.09. The van der Waals surface area contributed by atoms with Gasteiger partial charge in [-0.3, -0.25) is 0 Å². The average molecular weight is 265 g/mol. The molecule has 2 fully saturated rings. The number of rotatable bonds is 2. The quantitative estimate of drug-likeness (QED) is 0.657. The lowest BCUT2D eigenvalue weighted by molar-refractivity contribution is 0.313. The molecular weight excluding hydrogens is 250 g/mol. The van der Waals surface area contributed by atoms with Crippen molar-refractivity contribution in [1.82, 2.24) is 0 Å². The first-order chi connectivity index (χ1) is 8.64. The largest absolute Gasteiger partial charge is 0.411 e. The molecule has 1 aromatic rings. The van der Waals surface area contributed by atoms with Crippen LogP contribution in [0.5, 0.6) is 0 Å². The van der Waals surface area contributed by atoms with Crippen molar-refractivity contribution in [3.05, 3.63) is 30.3 Å². The van der Waals surface area contributed by atoms with Gasteiger partial charge in [-0.1, -0.05) is 23.4 Å². The van der Waals surface area contributed by atoms with E-state index >= 15 is 0 Å². The highest BCUT2D eigenvalue weighted by Gasteiger charge is 2.51. The molecule has 96 valence electrons. The van der Waals surface area contributed by atoms with Crippen molar-refractivity contribution in [1.29, 1.82) is 0 Å². The number of oxime groups is 1. The Labute approximate surface area is 106 Å². The van der Waals surface area contributed by atoms with Crippen molar-refractivity contribution < 1.29 is 13.6 Å². The number of fused-ring (bicyclic) bond motifs is 2. The predicted molar refractivity (Wildman–Crippen MR) is 67.5 cm³/mol. The minimum Gasteiger partial charge on any atom is -0.411 e. The van der Waals surface area contributed by atoms with Gasteiger partial charge in [0.15, 0.2) is 9.84 Å². The van der Waals surface area contributed by atoms with E-state index in [0.717, 1.165) is 19.3 Å². The van der Waals surface area contributed by atoms with Gasteiger partial charge in [0.1, 0.15) is 5.25 Å². The maximum atomic E-state index is 12.6. The zero-order chi connectivity index (χ0) is 12.8. The van der Waals surface area contributed by atoms with Gasteiger partial charge in [-0.05, 0) is 37.3 Å². The Hall–Kier alpha value is -1.36. The van der Waals surface area contributed by atoms with E-state index in [-0.39, 0.29) is 11.8 Å². The molecule has 2 bridgehead atoms. The van der Waals surface area contributed by atoms with Gasteiger partial charge in [0.05, 0.1) is 10.6 Å². The summed E-state index contributed by atoms with van der Waals surface area (Å²) in [5.74, 6) is 0.273. The molecular formula is C13H15NO3S. The summed E-state index contributed by atoms with van der Waals surface area (Å²) in [6.45, 7) is 0. The third-order valence-corrected chi connectivity index (χ3v) is 6.36. The van der Waals surface area contributed by atoms with E-state index in [9.17, 15) is 8.42 Å². The third kappa shape index (κ3) is 1.57. The van der Waals surface area contributed by atoms with Crippen LogP contribution in [-0.4, -0.2) is 24.6 Å². The van der Waals surface area contributed by atoms with E-state index in [1.165, 1.54) is 0 Å². The molecule has 0 aliphatic heterocycles. The summed E-state index contributed by atoms with van der Waals surface area (Å²) >= 11 is 0. The number of sulfone groups is 1. The third-order valence-electron chi connectivity index (χ3n) is 4.13. The molecule has 3 atom stereocenters. The highest BCUT2D eigenvalue weighted by Crippen LogP contribution is 2.46. The Morgan fingerprint density at radius 3 is 2.56 bits per heavy atom. The number of hydrogen-bond acceptors (Lipinski definition) is 4. The molecule has 2 aliphatic carbocycles. The molecule has 0 heterocycles. The van der Waals surface area contributed by atoms with Gasteiger partial charge in [0, 0.05) is 5.92 Å². The summed E-state index contributed by atoms with van der Waals surface area (Å²) < 4.78 is 25.2. The van der Waals surface area contributed by atoms with Crippen LogP contribution < -0.4 is 0 Å². The molecule has 3 rings (SSSR count). The fourth-order valence-corrected chi connectivity index (χ4v) is 5.48. The zero-order valence-electron chi connectivity index (χ0n) is 9.86. The lowest BCUT2D eigenvalue weighted by Crippen LogP contribution is -2.35. The van der Waals surface area contributed by atoms with E-state index in [4.69, 9.17) is 5.21 Å². The molecule has 4 nitrogen and oxygen atoms in total. The van der Waals surface area contributed by atoms with Crippen LogP contribution in [0.1, 0.15) is 19.3 Å². The summed E-state index contributed by atoms with van der Waals surface area (Å²) in [5.41, 5.74) is 0.468. The number of benzene rings is 1. The zero-order valence-corrected chi connectivity index (χ0v) is 10.7. The van der Waals surface area contributed by atoms with Gasteiger partial charge in [-0.2, -0.15) is 0 Å². The van der Waals surface area contributed by atoms with E-state index in [0.29, 0.717) is 10.6 Å². The van der Waals surface area contributed by atoms with Crippen LogP contribution in [0.15, 0.2) is 40.4 Å². The van der Waals surface area contributed by atoms with Gasteiger partial charge >= 0.3 is 0 Å². The molecule has 0 amide bonds. The first-order valence-electron chi connectivity index (χ1n) is 6.15. The first kappa shape index (κ1) is 11.7. The molecule has 5 heteroatoms. The fourth-order valence-electron chi connectivity index (χ4n) is 3.34. The Kier molecular flexibility index (Phi) is 2.66. The SMILES string of the molecule is O=S(=O)(c1ccccc1)C1C(=NO)C2CCC1C2. The number of nitrogens with zero attached hydrogens (tertiary/aromatic N) is 1. The summed E-state index contributed by atoms with van der Waals surface area (Å²) in [6.07, 6.45) is 2.71. The molecule has 0 radical (unpaired) electrons. The van der Waals surface area contributed by atoms with Crippen molar-refractivity contribution in [2.75, 3.05) is 0 Å². The van der Waals surface area contributed by atoms with Crippen molar-refractivity contribution in [3.8, 4) is 0 Å². The van der Waals surface area contributed by atoms with Crippen LogP contribution in [-0.2, 0) is 9.84 Å². The fraction of sp³-hybridized carbons (Fsp3) is 0.462. The average Bonchev–Trinajstić information content (AvgIpc) is 2.99. The topological polar surface area (TPSA) is 66.7 Å². The Morgan fingerprint density at radius 1 is 1.17 bits per heavy atom. The highest BCUT2D eigenvalue weighted by molar-refractivity contribution is 7.92. The van der Waals surface area contributed by atoms with Crippen LogP contribution in [0, 0.1) is 11.8 Å². The lowest BCUT2D eigenvalue weighted by atomic mass is 9.98. The van der Waals surface area contributed by atoms with E-state index < -0.39 is 15.1 Å². The van der Waals surface area contributed by atoms with E-state index in [1.54, 1.807) is 30.3 Å². The monoisotopic (exact) mass is 265 g/mol. The van der Waals surface area contributed by atoms with Gasteiger partial charge < -0.3 is 5.21 Å². The molecule has 2 aliphatic rings. The Balaban J connectivity index is 2.05. The van der Waals surface area contributed by atoms with Crippen molar-refractivity contribution in [3.63, 3.8) is 0 Å². The molecule has 2 saturated carbocycles. The van der Waals surface area contributed by atoms with Crippen molar-refractivity contribution in [2.45, 2.75) is 29.4 Å². The van der Waals surface area contributed by atoms with Crippen molar-refractivity contribution >= 4 is 15.5 Å².